The molecule has 96 valence electrons. The predicted octanol–water partition coefficient (Wildman–Crippen LogP) is 2.21. The highest BCUT2D eigenvalue weighted by atomic mass is 19.4. The summed E-state index contributed by atoms with van der Waals surface area (Å²) in [6.07, 6.45) is 1.03. The van der Waals surface area contributed by atoms with Crippen molar-refractivity contribution in [2.24, 2.45) is 0 Å². The third kappa shape index (κ3) is 2.01. The van der Waals surface area contributed by atoms with E-state index >= 15 is 0 Å². The lowest BCUT2D eigenvalue weighted by atomic mass is 10.1. The summed E-state index contributed by atoms with van der Waals surface area (Å²) in [6, 6.07) is 2.19. The summed E-state index contributed by atoms with van der Waals surface area (Å²) in [7, 11) is 0. The second kappa shape index (κ2) is 4.01. The van der Waals surface area contributed by atoms with Crippen LogP contribution in [0.5, 0.6) is 0 Å². The van der Waals surface area contributed by atoms with E-state index in [1.165, 1.54) is 29.2 Å². The number of hydrogen-bond donors (Lipinski definition) is 0. The van der Waals surface area contributed by atoms with Gasteiger partial charge in [0.15, 0.2) is 0 Å². The van der Waals surface area contributed by atoms with Gasteiger partial charge in [-0.2, -0.15) is 18.3 Å². The SMILES string of the molecule is FC(F)(F)c1cccnc1-c1cnn2ccnc2n1. The van der Waals surface area contributed by atoms with Gasteiger partial charge >= 0.3 is 6.18 Å². The van der Waals surface area contributed by atoms with Crippen molar-refractivity contribution in [2.75, 3.05) is 0 Å². The number of halogens is 3. The van der Waals surface area contributed by atoms with Crippen LogP contribution in [0.4, 0.5) is 13.2 Å². The molecule has 0 unspecified atom stereocenters. The van der Waals surface area contributed by atoms with Gasteiger partial charge in [0.1, 0.15) is 11.4 Å². The highest BCUT2D eigenvalue weighted by Crippen LogP contribution is 2.34. The van der Waals surface area contributed by atoms with Crippen molar-refractivity contribution < 1.29 is 13.2 Å². The average Bonchev–Trinajstić information content (AvgIpc) is 2.85. The number of hydrogen-bond acceptors (Lipinski definition) is 4. The van der Waals surface area contributed by atoms with Crippen molar-refractivity contribution in [1.82, 2.24) is 24.6 Å². The van der Waals surface area contributed by atoms with Crippen LogP contribution in [0.3, 0.4) is 0 Å². The quantitative estimate of drug-likeness (QED) is 0.677. The molecule has 0 fully saturated rings. The molecule has 5 nitrogen and oxygen atoms in total. The van der Waals surface area contributed by atoms with Crippen LogP contribution in [0, 0.1) is 0 Å². The molecule has 0 aliphatic heterocycles. The number of alkyl halides is 3. The van der Waals surface area contributed by atoms with E-state index in [1.807, 2.05) is 0 Å². The summed E-state index contributed by atoms with van der Waals surface area (Å²) >= 11 is 0. The molecule has 3 heterocycles. The number of rotatable bonds is 1. The standard InChI is InChI=1S/C11H6F3N5/c12-11(13,14)7-2-1-3-15-9(7)8-6-17-19-5-4-16-10(19)18-8/h1-6H. The fourth-order valence-electron chi connectivity index (χ4n) is 1.66. The van der Waals surface area contributed by atoms with Crippen molar-refractivity contribution in [2.45, 2.75) is 6.18 Å². The molecule has 0 bridgehead atoms. The van der Waals surface area contributed by atoms with Crippen molar-refractivity contribution in [3.63, 3.8) is 0 Å². The molecule has 8 heteroatoms. The molecule has 0 saturated heterocycles. The summed E-state index contributed by atoms with van der Waals surface area (Å²) in [4.78, 5) is 11.6. The molecule has 3 aromatic rings. The van der Waals surface area contributed by atoms with Gasteiger partial charge in [-0.05, 0) is 12.1 Å². The smallest absolute Gasteiger partial charge is 0.254 e. The van der Waals surface area contributed by atoms with E-state index in [4.69, 9.17) is 0 Å². The fraction of sp³-hybridized carbons (Fsp3) is 0.0909. The summed E-state index contributed by atoms with van der Waals surface area (Å²) < 4.78 is 40.0. The molecule has 19 heavy (non-hydrogen) atoms. The second-order valence-corrected chi connectivity index (χ2v) is 3.71. The monoisotopic (exact) mass is 265 g/mol. The summed E-state index contributed by atoms with van der Waals surface area (Å²) in [6.45, 7) is 0. The first-order valence-electron chi connectivity index (χ1n) is 5.25. The molecule has 0 spiro atoms. The molecule has 0 radical (unpaired) electrons. The Morgan fingerprint density at radius 1 is 1.11 bits per heavy atom. The molecule has 0 N–H and O–H groups in total. The van der Waals surface area contributed by atoms with Crippen LogP contribution in [-0.2, 0) is 6.18 Å². The number of nitrogens with zero attached hydrogens (tertiary/aromatic N) is 5. The normalized spacial score (nSPS) is 11.9. The van der Waals surface area contributed by atoms with E-state index in [0.29, 0.717) is 0 Å². The van der Waals surface area contributed by atoms with Crippen molar-refractivity contribution in [3.05, 3.63) is 42.5 Å². The molecule has 0 amide bonds. The molecule has 3 aromatic heterocycles. The highest BCUT2D eigenvalue weighted by Gasteiger charge is 2.34. The zero-order valence-corrected chi connectivity index (χ0v) is 9.33. The number of fused-ring (bicyclic) bond motifs is 1. The first-order valence-corrected chi connectivity index (χ1v) is 5.25. The Kier molecular flexibility index (Phi) is 2.44. The lowest BCUT2D eigenvalue weighted by molar-refractivity contribution is -0.137. The van der Waals surface area contributed by atoms with Gasteiger partial charge in [0.25, 0.3) is 5.78 Å². The van der Waals surface area contributed by atoms with Crippen molar-refractivity contribution in [3.8, 4) is 11.4 Å². The molecule has 0 aromatic carbocycles. The van der Waals surface area contributed by atoms with Crippen LogP contribution in [0.25, 0.3) is 17.2 Å². The van der Waals surface area contributed by atoms with E-state index in [0.717, 1.165) is 6.07 Å². The molecular formula is C11H6F3N5. The maximum Gasteiger partial charge on any atom is 0.418 e. The summed E-state index contributed by atoms with van der Waals surface area (Å²) in [5.74, 6) is 0.219. The Labute approximate surface area is 104 Å². The first kappa shape index (κ1) is 11.6. The van der Waals surface area contributed by atoms with E-state index in [-0.39, 0.29) is 17.2 Å². The van der Waals surface area contributed by atoms with Crippen LogP contribution in [0.15, 0.2) is 36.9 Å². The average molecular weight is 265 g/mol. The van der Waals surface area contributed by atoms with Gasteiger partial charge in [0.2, 0.25) is 0 Å². The number of imidazole rings is 1. The second-order valence-electron chi connectivity index (χ2n) is 3.71. The van der Waals surface area contributed by atoms with Gasteiger partial charge in [-0.25, -0.2) is 14.5 Å². The molecule has 3 rings (SSSR count). The third-order valence-corrected chi connectivity index (χ3v) is 2.48. The van der Waals surface area contributed by atoms with E-state index < -0.39 is 11.7 Å². The Hall–Kier alpha value is -2.51. The highest BCUT2D eigenvalue weighted by molar-refractivity contribution is 5.59. The number of aromatic nitrogens is 5. The van der Waals surface area contributed by atoms with Crippen molar-refractivity contribution >= 4 is 5.78 Å². The van der Waals surface area contributed by atoms with Gasteiger partial charge in [0.05, 0.1) is 18.0 Å². The third-order valence-electron chi connectivity index (χ3n) is 2.48. The van der Waals surface area contributed by atoms with Crippen LogP contribution < -0.4 is 0 Å². The largest absolute Gasteiger partial charge is 0.418 e. The van der Waals surface area contributed by atoms with Gasteiger partial charge < -0.3 is 0 Å². The Morgan fingerprint density at radius 3 is 2.74 bits per heavy atom. The van der Waals surface area contributed by atoms with Gasteiger partial charge in [-0.15, -0.1) is 0 Å². The first-order chi connectivity index (χ1) is 9.05. The van der Waals surface area contributed by atoms with Crippen LogP contribution >= 0.6 is 0 Å². The molecular weight excluding hydrogens is 259 g/mol. The fourth-order valence-corrected chi connectivity index (χ4v) is 1.66. The Bertz CT molecular complexity index is 734. The van der Waals surface area contributed by atoms with Gasteiger partial charge in [-0.1, -0.05) is 0 Å². The minimum Gasteiger partial charge on any atom is -0.254 e. The van der Waals surface area contributed by atoms with Gasteiger partial charge in [0, 0.05) is 12.4 Å². The van der Waals surface area contributed by atoms with Crippen LogP contribution in [0.1, 0.15) is 5.56 Å². The zero-order valence-electron chi connectivity index (χ0n) is 9.33. The van der Waals surface area contributed by atoms with E-state index in [1.54, 1.807) is 6.20 Å². The molecule has 0 atom stereocenters. The maximum absolute atomic E-state index is 12.9. The lowest BCUT2D eigenvalue weighted by Crippen LogP contribution is -2.09. The minimum atomic E-state index is -4.49. The molecule has 0 saturated carbocycles. The molecule has 0 aliphatic rings. The summed E-state index contributed by atoms with van der Waals surface area (Å²) in [5, 5.41) is 3.93. The van der Waals surface area contributed by atoms with Crippen molar-refractivity contribution in [1.29, 1.82) is 0 Å². The lowest BCUT2D eigenvalue weighted by Gasteiger charge is -2.10. The molecule has 0 aliphatic carbocycles. The maximum atomic E-state index is 12.9. The Morgan fingerprint density at radius 2 is 1.95 bits per heavy atom. The summed E-state index contributed by atoms with van der Waals surface area (Å²) in [5.41, 5.74) is -1.07. The van der Waals surface area contributed by atoms with Crippen LogP contribution in [0.2, 0.25) is 0 Å². The van der Waals surface area contributed by atoms with Gasteiger partial charge in [-0.3, -0.25) is 4.98 Å². The van der Waals surface area contributed by atoms with Crippen LogP contribution in [-0.4, -0.2) is 24.6 Å². The Balaban J connectivity index is 2.21. The topological polar surface area (TPSA) is 56.0 Å². The number of pyridine rings is 1. The minimum absolute atomic E-state index is 0.0339. The van der Waals surface area contributed by atoms with E-state index in [9.17, 15) is 13.2 Å². The predicted molar refractivity (Wildman–Crippen MR) is 59.0 cm³/mol. The van der Waals surface area contributed by atoms with E-state index in [2.05, 4.69) is 20.1 Å². The zero-order chi connectivity index (χ0) is 13.5.